The summed E-state index contributed by atoms with van der Waals surface area (Å²) >= 11 is 0. The van der Waals surface area contributed by atoms with Gasteiger partial charge in [-0.05, 0) is 12.1 Å². The molecule has 1 aromatic heterocycles. The van der Waals surface area contributed by atoms with Crippen molar-refractivity contribution in [1.82, 2.24) is 15.3 Å². The van der Waals surface area contributed by atoms with E-state index in [0.29, 0.717) is 13.1 Å². The molecule has 0 bridgehead atoms. The summed E-state index contributed by atoms with van der Waals surface area (Å²) in [4.78, 5) is 29.5. The molecule has 0 saturated carbocycles. The normalized spacial score (nSPS) is 10.0. The Morgan fingerprint density at radius 1 is 1.18 bits per heavy atom. The molecule has 0 aliphatic carbocycles. The highest BCUT2D eigenvalue weighted by atomic mass is 16.6. The van der Waals surface area contributed by atoms with E-state index in [1.165, 1.54) is 24.5 Å². The predicted octanol–water partition coefficient (Wildman–Crippen LogP) is 0.809. The predicted molar refractivity (Wildman–Crippen MR) is 80.4 cm³/mol. The fourth-order valence-corrected chi connectivity index (χ4v) is 1.69. The summed E-state index contributed by atoms with van der Waals surface area (Å²) < 4.78 is 0. The number of nitrogens with zero attached hydrogens (tertiary/aromatic N) is 3. The quantitative estimate of drug-likeness (QED) is 0.408. The van der Waals surface area contributed by atoms with Crippen LogP contribution >= 0.6 is 0 Å². The van der Waals surface area contributed by atoms with Gasteiger partial charge in [0.1, 0.15) is 0 Å². The minimum atomic E-state index is -0.463. The van der Waals surface area contributed by atoms with Gasteiger partial charge in [0.2, 0.25) is 0 Å². The number of carbonyl (C=O) groups is 1. The maximum absolute atomic E-state index is 11.8. The molecular weight excluding hydrogens is 288 g/mol. The van der Waals surface area contributed by atoms with Crippen molar-refractivity contribution in [2.75, 3.05) is 24.1 Å². The lowest BCUT2D eigenvalue weighted by molar-refractivity contribution is -0.384. The molecule has 114 valence electrons. The summed E-state index contributed by atoms with van der Waals surface area (Å²) in [5.41, 5.74) is 6.38. The zero-order chi connectivity index (χ0) is 15.9. The second-order valence-corrected chi connectivity index (χ2v) is 4.28. The van der Waals surface area contributed by atoms with E-state index in [2.05, 4.69) is 20.6 Å². The second-order valence-electron chi connectivity index (χ2n) is 4.28. The largest absolute Gasteiger partial charge is 0.383 e. The lowest BCUT2D eigenvalue weighted by Gasteiger charge is -2.08. The highest BCUT2D eigenvalue weighted by molar-refractivity contribution is 5.96. The maximum atomic E-state index is 11.8. The molecule has 9 nitrogen and oxygen atoms in total. The maximum Gasteiger partial charge on any atom is 0.273 e. The van der Waals surface area contributed by atoms with Gasteiger partial charge in [0.25, 0.3) is 11.6 Å². The smallest absolute Gasteiger partial charge is 0.273 e. The first-order chi connectivity index (χ1) is 10.6. The van der Waals surface area contributed by atoms with Crippen molar-refractivity contribution in [3.63, 3.8) is 0 Å². The van der Waals surface area contributed by atoms with Gasteiger partial charge in [0, 0.05) is 43.3 Å². The van der Waals surface area contributed by atoms with Crippen LogP contribution in [0.5, 0.6) is 0 Å². The van der Waals surface area contributed by atoms with E-state index < -0.39 is 10.8 Å². The Morgan fingerprint density at radius 3 is 2.50 bits per heavy atom. The Labute approximate surface area is 125 Å². The molecule has 1 heterocycles. The van der Waals surface area contributed by atoms with Gasteiger partial charge in [-0.15, -0.1) is 0 Å². The topological polar surface area (TPSA) is 136 Å². The highest BCUT2D eigenvalue weighted by Gasteiger charge is 2.10. The van der Waals surface area contributed by atoms with Crippen LogP contribution in [-0.2, 0) is 0 Å². The number of hydrogen-bond donors (Lipinski definition) is 3. The van der Waals surface area contributed by atoms with Crippen LogP contribution in [0.25, 0.3) is 0 Å². The van der Waals surface area contributed by atoms with Crippen LogP contribution in [0.4, 0.5) is 17.2 Å². The molecule has 0 radical (unpaired) electrons. The Hall–Kier alpha value is -3.23. The van der Waals surface area contributed by atoms with Gasteiger partial charge in [0.05, 0.1) is 4.92 Å². The molecule has 0 saturated heterocycles. The fraction of sp³-hybridized carbons (Fsp3) is 0.154. The lowest BCUT2D eigenvalue weighted by atomic mass is 10.3. The Bertz CT molecular complexity index is 674. The second kappa shape index (κ2) is 6.97. The number of nitro groups is 1. The summed E-state index contributed by atoms with van der Waals surface area (Å²) in [6, 6.07) is 6.00. The molecule has 0 fully saturated rings. The average molecular weight is 302 g/mol. The van der Waals surface area contributed by atoms with Crippen LogP contribution in [0.1, 0.15) is 10.5 Å². The number of carbonyl (C=O) groups excluding carboxylic acids is 1. The number of nitrogens with two attached hydrogens (primary N) is 1. The summed E-state index contributed by atoms with van der Waals surface area (Å²) in [5.74, 6) is -0.334. The first kappa shape index (κ1) is 15.2. The number of nitro benzene ring substituents is 1. The van der Waals surface area contributed by atoms with Crippen molar-refractivity contribution in [3.05, 3.63) is 52.5 Å². The van der Waals surface area contributed by atoms with Crippen LogP contribution in [0, 0.1) is 10.1 Å². The van der Waals surface area contributed by atoms with Gasteiger partial charge < -0.3 is 16.4 Å². The van der Waals surface area contributed by atoms with Crippen LogP contribution in [-0.4, -0.2) is 33.9 Å². The van der Waals surface area contributed by atoms with Gasteiger partial charge in [0.15, 0.2) is 11.5 Å². The van der Waals surface area contributed by atoms with E-state index in [9.17, 15) is 14.9 Å². The zero-order valence-corrected chi connectivity index (χ0v) is 11.5. The standard InChI is InChI=1S/C13H14N6O3/c14-12-11(16-6-7-17-12)13(20)18-8-5-15-9-1-3-10(4-2-9)19(21)22/h1-4,6-7,15H,5,8H2,(H2,14,17)(H,18,20). The fourth-order valence-electron chi connectivity index (χ4n) is 1.69. The molecule has 2 aromatic rings. The number of non-ortho nitro benzene ring substituents is 1. The summed E-state index contributed by atoms with van der Waals surface area (Å²) in [6.45, 7) is 0.787. The van der Waals surface area contributed by atoms with E-state index in [4.69, 9.17) is 5.73 Å². The van der Waals surface area contributed by atoms with Crippen LogP contribution in [0.3, 0.4) is 0 Å². The number of nitrogen functional groups attached to an aromatic ring is 1. The molecule has 0 atom stereocenters. The molecule has 9 heteroatoms. The molecule has 0 aliphatic heterocycles. The molecule has 0 aliphatic rings. The van der Waals surface area contributed by atoms with Crippen molar-refractivity contribution < 1.29 is 9.72 Å². The average Bonchev–Trinajstić information content (AvgIpc) is 2.52. The van der Waals surface area contributed by atoms with Crippen molar-refractivity contribution in [2.24, 2.45) is 0 Å². The van der Waals surface area contributed by atoms with Gasteiger partial charge in [-0.2, -0.15) is 0 Å². The van der Waals surface area contributed by atoms with Gasteiger partial charge in [-0.25, -0.2) is 9.97 Å². The van der Waals surface area contributed by atoms with Crippen molar-refractivity contribution in [1.29, 1.82) is 0 Å². The Morgan fingerprint density at radius 2 is 1.86 bits per heavy atom. The molecule has 22 heavy (non-hydrogen) atoms. The van der Waals surface area contributed by atoms with Crippen molar-refractivity contribution in [3.8, 4) is 0 Å². The lowest BCUT2D eigenvalue weighted by Crippen LogP contribution is -2.30. The molecule has 0 spiro atoms. The molecule has 4 N–H and O–H groups in total. The zero-order valence-electron chi connectivity index (χ0n) is 11.5. The number of hydrogen-bond acceptors (Lipinski definition) is 7. The van der Waals surface area contributed by atoms with Crippen LogP contribution < -0.4 is 16.4 Å². The third-order valence-electron chi connectivity index (χ3n) is 2.76. The molecule has 2 rings (SSSR count). The van der Waals surface area contributed by atoms with Crippen molar-refractivity contribution >= 4 is 23.1 Å². The van der Waals surface area contributed by atoms with Gasteiger partial charge in [-0.1, -0.05) is 0 Å². The third-order valence-corrected chi connectivity index (χ3v) is 2.76. The monoisotopic (exact) mass is 302 g/mol. The van der Waals surface area contributed by atoms with Crippen LogP contribution in [0.15, 0.2) is 36.7 Å². The number of benzene rings is 1. The molecule has 1 aromatic carbocycles. The van der Waals surface area contributed by atoms with Gasteiger partial charge >= 0.3 is 0 Å². The number of rotatable bonds is 6. The van der Waals surface area contributed by atoms with Crippen LogP contribution in [0.2, 0.25) is 0 Å². The minimum Gasteiger partial charge on any atom is -0.383 e. The van der Waals surface area contributed by atoms with E-state index in [1.54, 1.807) is 12.1 Å². The molecular formula is C13H14N6O3. The number of aromatic nitrogens is 2. The first-order valence-corrected chi connectivity index (χ1v) is 6.41. The van der Waals surface area contributed by atoms with E-state index >= 15 is 0 Å². The van der Waals surface area contributed by atoms with Gasteiger partial charge in [-0.3, -0.25) is 14.9 Å². The number of amides is 1. The van der Waals surface area contributed by atoms with E-state index in [-0.39, 0.29) is 17.2 Å². The van der Waals surface area contributed by atoms with Crippen molar-refractivity contribution in [2.45, 2.75) is 0 Å². The number of anilines is 2. The summed E-state index contributed by atoms with van der Waals surface area (Å²) in [7, 11) is 0. The molecule has 0 unspecified atom stereocenters. The molecule has 1 amide bonds. The first-order valence-electron chi connectivity index (χ1n) is 6.41. The number of nitrogens with one attached hydrogen (secondary N) is 2. The third kappa shape index (κ3) is 3.88. The highest BCUT2D eigenvalue weighted by Crippen LogP contribution is 2.14. The minimum absolute atomic E-state index is 0.0250. The Kier molecular flexibility index (Phi) is 4.81. The summed E-state index contributed by atoms with van der Waals surface area (Å²) in [6.07, 6.45) is 2.79. The van der Waals surface area contributed by atoms with E-state index in [0.717, 1.165) is 5.69 Å². The summed E-state index contributed by atoms with van der Waals surface area (Å²) in [5, 5.41) is 16.2. The Balaban J connectivity index is 1.78. The SMILES string of the molecule is Nc1nccnc1C(=O)NCCNc1ccc([N+](=O)[O-])cc1. The van der Waals surface area contributed by atoms with E-state index in [1.807, 2.05) is 0 Å².